The van der Waals surface area contributed by atoms with Crippen LogP contribution in [0.1, 0.15) is 22.7 Å². The summed E-state index contributed by atoms with van der Waals surface area (Å²) < 4.78 is 13.2. The van der Waals surface area contributed by atoms with Crippen LogP contribution in [0.25, 0.3) is 0 Å². The molecule has 1 atom stereocenters. The van der Waals surface area contributed by atoms with E-state index in [1.54, 1.807) is 31.5 Å². The van der Waals surface area contributed by atoms with Crippen molar-refractivity contribution in [2.45, 2.75) is 19.5 Å². The lowest BCUT2D eigenvalue weighted by Gasteiger charge is -2.12. The maximum absolute atomic E-state index is 13.2. The number of aromatic nitrogens is 1. The fraction of sp³-hybridized carbons (Fsp3) is 0.200. The minimum atomic E-state index is -0.459. The Hall–Kier alpha value is -2.25. The van der Waals surface area contributed by atoms with E-state index in [0.717, 1.165) is 11.1 Å². The number of halogens is 1. The molecule has 0 bridgehead atoms. The van der Waals surface area contributed by atoms with Gasteiger partial charge in [-0.25, -0.2) is 4.39 Å². The van der Waals surface area contributed by atoms with Gasteiger partial charge in [0.25, 0.3) is 0 Å². The van der Waals surface area contributed by atoms with Gasteiger partial charge in [-0.2, -0.15) is 5.26 Å². The van der Waals surface area contributed by atoms with Gasteiger partial charge in [-0.15, -0.1) is 0 Å². The summed E-state index contributed by atoms with van der Waals surface area (Å²) in [5, 5.41) is 12.3. The lowest BCUT2D eigenvalue weighted by atomic mass is 10.0. The molecule has 0 aliphatic rings. The number of hydrogen-bond acceptors (Lipinski definition) is 3. The summed E-state index contributed by atoms with van der Waals surface area (Å²) in [5.74, 6) is -0.257. The highest BCUT2D eigenvalue weighted by molar-refractivity contribution is 5.29. The highest BCUT2D eigenvalue weighted by atomic mass is 19.1. The first kappa shape index (κ1) is 13.2. The standard InChI is InChI=1S/C15H14FN3/c1-11-7-13(4-5-14(11)16)15(8-17)19-10-12-3-2-6-18-9-12/h2-7,9,15,19H,10H2,1H3. The number of benzene rings is 1. The third kappa shape index (κ3) is 3.36. The molecule has 19 heavy (non-hydrogen) atoms. The van der Waals surface area contributed by atoms with Crippen LogP contribution in [0.2, 0.25) is 0 Å². The van der Waals surface area contributed by atoms with Crippen LogP contribution in [-0.2, 0) is 6.54 Å². The maximum Gasteiger partial charge on any atom is 0.126 e. The Kier molecular flexibility index (Phi) is 4.22. The zero-order valence-corrected chi connectivity index (χ0v) is 10.6. The van der Waals surface area contributed by atoms with Crippen LogP contribution in [0.5, 0.6) is 0 Å². The van der Waals surface area contributed by atoms with Gasteiger partial charge in [0.15, 0.2) is 0 Å². The van der Waals surface area contributed by atoms with Gasteiger partial charge in [0.05, 0.1) is 6.07 Å². The van der Waals surface area contributed by atoms with Gasteiger partial charge in [-0.05, 0) is 35.7 Å². The van der Waals surface area contributed by atoms with Gasteiger partial charge < -0.3 is 0 Å². The number of rotatable bonds is 4. The quantitative estimate of drug-likeness (QED) is 0.913. The van der Waals surface area contributed by atoms with Crippen LogP contribution in [0.3, 0.4) is 0 Å². The molecule has 0 spiro atoms. The second kappa shape index (κ2) is 6.07. The second-order valence-corrected chi connectivity index (χ2v) is 4.31. The fourth-order valence-electron chi connectivity index (χ4n) is 1.81. The molecule has 0 aliphatic heterocycles. The van der Waals surface area contributed by atoms with E-state index in [1.807, 2.05) is 12.1 Å². The predicted octanol–water partition coefficient (Wildman–Crippen LogP) is 2.88. The zero-order chi connectivity index (χ0) is 13.7. The molecule has 1 aromatic carbocycles. The molecular weight excluding hydrogens is 241 g/mol. The average molecular weight is 255 g/mol. The number of nitrogens with zero attached hydrogens (tertiary/aromatic N) is 2. The Bertz CT molecular complexity index is 590. The van der Waals surface area contributed by atoms with Gasteiger partial charge in [-0.1, -0.05) is 18.2 Å². The van der Waals surface area contributed by atoms with E-state index < -0.39 is 6.04 Å². The molecule has 1 N–H and O–H groups in total. The summed E-state index contributed by atoms with van der Waals surface area (Å²) in [6.45, 7) is 2.23. The molecule has 0 aliphatic carbocycles. The SMILES string of the molecule is Cc1cc(C(C#N)NCc2cccnc2)ccc1F. The molecule has 0 fully saturated rings. The summed E-state index contributed by atoms with van der Waals surface area (Å²) in [6, 6.07) is 10.2. The Morgan fingerprint density at radius 1 is 1.42 bits per heavy atom. The molecular formula is C15H14FN3. The number of aryl methyl sites for hydroxylation is 1. The Morgan fingerprint density at radius 2 is 2.26 bits per heavy atom. The minimum absolute atomic E-state index is 0.257. The summed E-state index contributed by atoms with van der Waals surface area (Å²) >= 11 is 0. The molecule has 4 heteroatoms. The van der Waals surface area contributed by atoms with E-state index in [0.29, 0.717) is 12.1 Å². The van der Waals surface area contributed by atoms with Crippen molar-refractivity contribution in [2.75, 3.05) is 0 Å². The summed E-state index contributed by atoms with van der Waals surface area (Å²) in [5.41, 5.74) is 2.31. The van der Waals surface area contributed by atoms with E-state index in [9.17, 15) is 9.65 Å². The van der Waals surface area contributed by atoms with Gasteiger partial charge >= 0.3 is 0 Å². The number of nitriles is 1. The Morgan fingerprint density at radius 3 is 2.89 bits per heavy atom. The molecule has 0 amide bonds. The van der Waals surface area contributed by atoms with Crippen LogP contribution in [0.15, 0.2) is 42.7 Å². The zero-order valence-electron chi connectivity index (χ0n) is 10.6. The molecule has 2 aromatic rings. The lowest BCUT2D eigenvalue weighted by Crippen LogP contribution is -2.19. The first-order valence-electron chi connectivity index (χ1n) is 5.98. The van der Waals surface area contributed by atoms with Gasteiger partial charge in [0, 0.05) is 18.9 Å². The van der Waals surface area contributed by atoms with Crippen molar-refractivity contribution in [2.24, 2.45) is 0 Å². The highest BCUT2D eigenvalue weighted by Gasteiger charge is 2.11. The third-order valence-corrected chi connectivity index (χ3v) is 2.88. The van der Waals surface area contributed by atoms with Gasteiger partial charge in [-0.3, -0.25) is 10.3 Å². The molecule has 0 saturated carbocycles. The van der Waals surface area contributed by atoms with Crippen LogP contribution >= 0.6 is 0 Å². The average Bonchev–Trinajstić information content (AvgIpc) is 2.44. The molecule has 2 rings (SSSR count). The predicted molar refractivity (Wildman–Crippen MR) is 70.6 cm³/mol. The maximum atomic E-state index is 13.2. The van der Waals surface area contributed by atoms with Crippen LogP contribution in [0, 0.1) is 24.1 Å². The molecule has 3 nitrogen and oxygen atoms in total. The van der Waals surface area contributed by atoms with Gasteiger partial charge in [0.2, 0.25) is 0 Å². The van der Waals surface area contributed by atoms with Crippen LogP contribution in [-0.4, -0.2) is 4.98 Å². The molecule has 1 unspecified atom stereocenters. The third-order valence-electron chi connectivity index (χ3n) is 2.88. The number of pyridine rings is 1. The first-order chi connectivity index (χ1) is 9.20. The number of hydrogen-bond donors (Lipinski definition) is 1. The van der Waals surface area contributed by atoms with Crippen molar-refractivity contribution in [3.63, 3.8) is 0 Å². The smallest absolute Gasteiger partial charge is 0.126 e. The highest BCUT2D eigenvalue weighted by Crippen LogP contribution is 2.16. The van der Waals surface area contributed by atoms with E-state index in [1.165, 1.54) is 6.07 Å². The summed E-state index contributed by atoms with van der Waals surface area (Å²) in [6.07, 6.45) is 3.45. The molecule has 96 valence electrons. The van der Waals surface area contributed by atoms with Crippen molar-refractivity contribution in [1.82, 2.24) is 10.3 Å². The van der Waals surface area contributed by atoms with Crippen molar-refractivity contribution in [1.29, 1.82) is 5.26 Å². The number of nitrogens with one attached hydrogen (secondary N) is 1. The lowest BCUT2D eigenvalue weighted by molar-refractivity contribution is 0.606. The van der Waals surface area contributed by atoms with Gasteiger partial charge in [0.1, 0.15) is 11.9 Å². The van der Waals surface area contributed by atoms with Crippen molar-refractivity contribution >= 4 is 0 Å². The van der Waals surface area contributed by atoms with Crippen molar-refractivity contribution in [3.8, 4) is 6.07 Å². The van der Waals surface area contributed by atoms with E-state index in [2.05, 4.69) is 16.4 Å². The van der Waals surface area contributed by atoms with Crippen LogP contribution in [0.4, 0.5) is 4.39 Å². The Balaban J connectivity index is 2.08. The topological polar surface area (TPSA) is 48.7 Å². The minimum Gasteiger partial charge on any atom is -0.294 e. The first-order valence-corrected chi connectivity index (χ1v) is 5.98. The van der Waals surface area contributed by atoms with E-state index in [-0.39, 0.29) is 5.82 Å². The molecule has 1 aromatic heterocycles. The molecule has 0 radical (unpaired) electrons. The fourth-order valence-corrected chi connectivity index (χ4v) is 1.81. The Labute approximate surface area is 111 Å². The monoisotopic (exact) mass is 255 g/mol. The molecule has 1 heterocycles. The largest absolute Gasteiger partial charge is 0.294 e. The normalized spacial score (nSPS) is 11.8. The van der Waals surface area contributed by atoms with Crippen molar-refractivity contribution in [3.05, 3.63) is 65.2 Å². The van der Waals surface area contributed by atoms with E-state index in [4.69, 9.17) is 0 Å². The molecule has 0 saturated heterocycles. The van der Waals surface area contributed by atoms with Crippen molar-refractivity contribution < 1.29 is 4.39 Å². The summed E-state index contributed by atoms with van der Waals surface area (Å²) in [7, 11) is 0. The second-order valence-electron chi connectivity index (χ2n) is 4.31. The van der Waals surface area contributed by atoms with E-state index >= 15 is 0 Å². The summed E-state index contributed by atoms with van der Waals surface area (Å²) in [4.78, 5) is 4.01. The van der Waals surface area contributed by atoms with Crippen LogP contribution < -0.4 is 5.32 Å².